The van der Waals surface area contributed by atoms with Gasteiger partial charge in [-0.15, -0.1) is 0 Å². The maximum Gasteiger partial charge on any atom is 0.417 e. The molecule has 0 spiro atoms. The van der Waals surface area contributed by atoms with Crippen molar-refractivity contribution in [2.75, 3.05) is 0 Å². The molecule has 0 fully saturated rings. The Labute approximate surface area is 149 Å². The van der Waals surface area contributed by atoms with Gasteiger partial charge in [0.15, 0.2) is 0 Å². The summed E-state index contributed by atoms with van der Waals surface area (Å²) in [6, 6.07) is 3.41. The number of rotatable bonds is 9. The van der Waals surface area contributed by atoms with Gasteiger partial charge in [-0.05, 0) is 12.1 Å². The lowest BCUT2D eigenvalue weighted by Crippen LogP contribution is -2.12. The first kappa shape index (κ1) is 23.9. The molecule has 0 aliphatic carbocycles. The largest absolute Gasteiger partial charge is 0.417 e. The van der Waals surface area contributed by atoms with Gasteiger partial charge in [0.05, 0.1) is 5.56 Å². The Morgan fingerprint density at radius 3 is 1.56 bits per heavy atom. The molecule has 3 nitrogen and oxygen atoms in total. The second-order valence-electron chi connectivity index (χ2n) is 5.94. The van der Waals surface area contributed by atoms with Crippen LogP contribution in [0, 0.1) is 0 Å². The first-order valence-corrected chi connectivity index (χ1v) is 10.2. The minimum Gasteiger partial charge on any atom is -0.282 e. The quantitative estimate of drug-likeness (QED) is 0.392. The Kier molecular flexibility index (Phi) is 11.8. The maximum absolute atomic E-state index is 12.2. The number of halogens is 3. The van der Waals surface area contributed by atoms with E-state index in [1.54, 1.807) is 0 Å². The highest BCUT2D eigenvalue weighted by molar-refractivity contribution is 7.85. The number of unbranched alkanes of at least 4 members (excludes halogenated alkanes) is 8. The minimum atomic E-state index is -4.84. The van der Waals surface area contributed by atoms with Crippen molar-refractivity contribution in [1.82, 2.24) is 0 Å². The fourth-order valence-corrected chi connectivity index (χ4v) is 3.02. The molecule has 0 atom stereocenters. The van der Waals surface area contributed by atoms with Crippen molar-refractivity contribution in [3.63, 3.8) is 0 Å². The first-order valence-electron chi connectivity index (χ1n) is 8.78. The summed E-state index contributed by atoms with van der Waals surface area (Å²) in [5, 5.41) is 0. The van der Waals surface area contributed by atoms with Gasteiger partial charge in [0.25, 0.3) is 10.1 Å². The molecule has 1 rings (SSSR count). The Morgan fingerprint density at radius 2 is 1.24 bits per heavy atom. The lowest BCUT2D eigenvalue weighted by Gasteiger charge is -2.09. The summed E-state index contributed by atoms with van der Waals surface area (Å²) in [5.74, 6) is 0. The van der Waals surface area contributed by atoms with Gasteiger partial charge in [-0.25, -0.2) is 0 Å². The lowest BCUT2D eigenvalue weighted by atomic mass is 10.1. The van der Waals surface area contributed by atoms with Crippen molar-refractivity contribution in [2.24, 2.45) is 0 Å². The summed E-state index contributed by atoms with van der Waals surface area (Å²) in [4.78, 5) is -1.13. The van der Waals surface area contributed by atoms with Crippen molar-refractivity contribution >= 4 is 10.1 Å². The summed E-state index contributed by atoms with van der Waals surface area (Å²) in [6.07, 6.45) is 8.15. The average molecular weight is 382 g/mol. The van der Waals surface area contributed by atoms with Gasteiger partial charge >= 0.3 is 6.18 Å². The highest BCUT2D eigenvalue weighted by atomic mass is 32.2. The highest BCUT2D eigenvalue weighted by Crippen LogP contribution is 2.33. The van der Waals surface area contributed by atoms with E-state index in [9.17, 15) is 21.6 Å². The van der Waals surface area contributed by atoms with E-state index in [0.717, 1.165) is 12.1 Å². The van der Waals surface area contributed by atoms with Crippen LogP contribution >= 0.6 is 0 Å². The van der Waals surface area contributed by atoms with Crippen LogP contribution in [-0.4, -0.2) is 13.0 Å². The normalized spacial score (nSPS) is 11.8. The monoisotopic (exact) mass is 382 g/mol. The Bertz CT molecular complexity index is 561. The molecule has 0 aliphatic heterocycles. The Balaban J connectivity index is 0.000000477. The van der Waals surface area contributed by atoms with E-state index in [1.807, 2.05) is 0 Å². The molecular formula is C18H29F3O3S. The van der Waals surface area contributed by atoms with Crippen molar-refractivity contribution < 1.29 is 26.1 Å². The van der Waals surface area contributed by atoms with Gasteiger partial charge in [0, 0.05) is 0 Å². The zero-order chi connectivity index (χ0) is 19.3. The van der Waals surface area contributed by atoms with Crippen LogP contribution in [-0.2, 0) is 16.3 Å². The Hall–Kier alpha value is -1.08. The van der Waals surface area contributed by atoms with Crippen LogP contribution in [0.3, 0.4) is 0 Å². The number of hydrogen-bond donors (Lipinski definition) is 1. The summed E-state index contributed by atoms with van der Waals surface area (Å²) in [5.41, 5.74) is -1.37. The van der Waals surface area contributed by atoms with Gasteiger partial charge in [0.1, 0.15) is 4.90 Å². The number of benzene rings is 1. The third-order valence-corrected chi connectivity index (χ3v) is 4.59. The van der Waals surface area contributed by atoms with Gasteiger partial charge in [-0.2, -0.15) is 21.6 Å². The second-order valence-corrected chi connectivity index (χ2v) is 7.33. The van der Waals surface area contributed by atoms with Gasteiger partial charge in [0.2, 0.25) is 0 Å². The zero-order valence-corrected chi connectivity index (χ0v) is 15.8. The predicted molar refractivity (Wildman–Crippen MR) is 94.2 cm³/mol. The summed E-state index contributed by atoms with van der Waals surface area (Å²) < 4.78 is 66.2. The van der Waals surface area contributed by atoms with E-state index in [-0.39, 0.29) is 0 Å². The summed E-state index contributed by atoms with van der Waals surface area (Å²) >= 11 is 0. The molecule has 1 aromatic carbocycles. The molecule has 0 radical (unpaired) electrons. The first-order chi connectivity index (χ1) is 11.6. The van der Waals surface area contributed by atoms with Crippen LogP contribution in [0.15, 0.2) is 29.2 Å². The van der Waals surface area contributed by atoms with Crippen molar-refractivity contribution in [2.45, 2.75) is 82.7 Å². The maximum atomic E-state index is 12.2. The topological polar surface area (TPSA) is 54.4 Å². The van der Waals surface area contributed by atoms with E-state index >= 15 is 0 Å². The summed E-state index contributed by atoms with van der Waals surface area (Å²) in [7, 11) is -4.84. The molecule has 1 N–H and O–H groups in total. The van der Waals surface area contributed by atoms with Crippen molar-refractivity contribution in [3.05, 3.63) is 29.8 Å². The standard InChI is InChI=1S/C11H24.C7H5F3O3S/c1-3-5-7-9-11-10-8-6-4-2;8-7(9,10)5-3-1-2-4-6(5)14(11,12)13/h3-11H2,1-2H3;1-4H,(H,11,12,13). The molecular weight excluding hydrogens is 353 g/mol. The third kappa shape index (κ3) is 11.2. The summed E-state index contributed by atoms with van der Waals surface area (Å²) in [6.45, 7) is 4.55. The minimum absolute atomic E-state index is 0.586. The predicted octanol–water partition coefficient (Wildman–Crippen LogP) is 6.49. The van der Waals surface area contributed by atoms with Crippen LogP contribution in [0.2, 0.25) is 0 Å². The van der Waals surface area contributed by atoms with Crippen LogP contribution in [0.25, 0.3) is 0 Å². The highest BCUT2D eigenvalue weighted by Gasteiger charge is 2.36. The van der Waals surface area contributed by atoms with Crippen LogP contribution in [0.1, 0.15) is 77.2 Å². The number of alkyl halides is 3. The van der Waals surface area contributed by atoms with Crippen LogP contribution in [0.4, 0.5) is 13.2 Å². The Morgan fingerprint density at radius 1 is 0.840 bits per heavy atom. The molecule has 0 saturated carbocycles. The molecule has 1 aromatic rings. The molecule has 7 heteroatoms. The van der Waals surface area contributed by atoms with E-state index in [0.29, 0.717) is 12.1 Å². The van der Waals surface area contributed by atoms with E-state index in [1.165, 1.54) is 57.8 Å². The van der Waals surface area contributed by atoms with E-state index in [2.05, 4.69) is 13.8 Å². The zero-order valence-electron chi connectivity index (χ0n) is 15.0. The molecule has 0 amide bonds. The average Bonchev–Trinajstić information content (AvgIpc) is 2.53. The van der Waals surface area contributed by atoms with Gasteiger partial charge < -0.3 is 0 Å². The van der Waals surface area contributed by atoms with Crippen molar-refractivity contribution in [3.8, 4) is 0 Å². The molecule has 146 valence electrons. The van der Waals surface area contributed by atoms with E-state index < -0.39 is 26.8 Å². The van der Waals surface area contributed by atoms with Crippen LogP contribution < -0.4 is 0 Å². The third-order valence-electron chi connectivity index (χ3n) is 3.68. The fraction of sp³-hybridized carbons (Fsp3) is 0.667. The molecule has 0 unspecified atom stereocenters. The molecule has 0 aliphatic rings. The molecule has 0 saturated heterocycles. The van der Waals surface area contributed by atoms with Gasteiger partial charge in [-0.1, -0.05) is 83.8 Å². The molecule has 25 heavy (non-hydrogen) atoms. The fourth-order valence-electron chi connectivity index (χ4n) is 2.31. The second kappa shape index (κ2) is 12.3. The molecule has 0 heterocycles. The molecule has 0 aromatic heterocycles. The van der Waals surface area contributed by atoms with Gasteiger partial charge in [-0.3, -0.25) is 4.55 Å². The van der Waals surface area contributed by atoms with Crippen molar-refractivity contribution in [1.29, 1.82) is 0 Å². The smallest absolute Gasteiger partial charge is 0.282 e. The van der Waals surface area contributed by atoms with E-state index in [4.69, 9.17) is 4.55 Å². The lowest BCUT2D eigenvalue weighted by molar-refractivity contribution is -0.140. The van der Waals surface area contributed by atoms with Crippen LogP contribution in [0.5, 0.6) is 0 Å². The molecule has 0 bridgehead atoms. The SMILES string of the molecule is CCCCCCCCCCC.O=S(=O)(O)c1ccccc1C(F)(F)F. The number of hydrogen-bond acceptors (Lipinski definition) is 2.